The van der Waals surface area contributed by atoms with Crippen molar-refractivity contribution >= 4 is 11.9 Å². The average Bonchev–Trinajstić information content (AvgIpc) is 2.09. The number of carbonyl (C=O) groups is 2. The van der Waals surface area contributed by atoms with E-state index in [9.17, 15) is 9.59 Å². The number of rotatable bonds is 2. The molecule has 1 aliphatic rings. The molecule has 0 aromatic carbocycles. The molecular weight excluding hydrogens is 182 g/mol. The Morgan fingerprint density at radius 2 is 2.50 bits per heavy atom. The minimum absolute atomic E-state index is 0.0371. The van der Waals surface area contributed by atoms with E-state index in [-0.39, 0.29) is 24.0 Å². The molecule has 1 saturated heterocycles. The molecule has 0 radical (unpaired) electrons. The highest BCUT2D eigenvalue weighted by atomic mass is 16.5. The highest BCUT2D eigenvalue weighted by Crippen LogP contribution is 2.14. The van der Waals surface area contributed by atoms with Crippen molar-refractivity contribution in [3.05, 3.63) is 18.4 Å². The molecule has 1 aliphatic heterocycles. The van der Waals surface area contributed by atoms with Gasteiger partial charge in [0.2, 0.25) is 5.91 Å². The summed E-state index contributed by atoms with van der Waals surface area (Å²) >= 11 is 0. The van der Waals surface area contributed by atoms with Crippen LogP contribution < -0.4 is 5.32 Å². The number of esters is 1. The van der Waals surface area contributed by atoms with Crippen molar-refractivity contribution in [2.24, 2.45) is 0 Å². The number of ether oxygens (including phenoxy) is 1. The van der Waals surface area contributed by atoms with Gasteiger partial charge >= 0.3 is 5.97 Å². The van der Waals surface area contributed by atoms with Crippen LogP contribution in [0.2, 0.25) is 0 Å². The van der Waals surface area contributed by atoms with Gasteiger partial charge in [-0.15, -0.1) is 5.73 Å². The molecule has 0 saturated carbocycles. The second kappa shape index (κ2) is 4.63. The van der Waals surface area contributed by atoms with Crippen LogP contribution in [-0.4, -0.2) is 24.0 Å². The second-order valence-corrected chi connectivity index (χ2v) is 3.15. The van der Waals surface area contributed by atoms with E-state index in [2.05, 4.69) is 17.6 Å². The van der Waals surface area contributed by atoms with Gasteiger partial charge in [0.05, 0.1) is 6.04 Å². The molecule has 76 valence electrons. The van der Waals surface area contributed by atoms with Crippen molar-refractivity contribution in [2.75, 3.05) is 0 Å². The quantitative estimate of drug-likeness (QED) is 0.516. The smallest absolute Gasteiger partial charge is 0.302 e. The molecule has 1 amide bonds. The maximum absolute atomic E-state index is 11.1. The first kappa shape index (κ1) is 10.5. The normalized spacial score (nSPS) is 25.9. The zero-order valence-corrected chi connectivity index (χ0v) is 8.08. The molecule has 0 aromatic heterocycles. The van der Waals surface area contributed by atoms with Crippen molar-refractivity contribution in [3.8, 4) is 0 Å². The molecule has 1 fully saturated rings. The molecule has 0 aromatic rings. The van der Waals surface area contributed by atoms with E-state index in [0.29, 0.717) is 12.8 Å². The molecule has 4 nitrogen and oxygen atoms in total. The van der Waals surface area contributed by atoms with E-state index in [1.807, 2.05) is 0 Å². The van der Waals surface area contributed by atoms with Crippen LogP contribution in [0.5, 0.6) is 0 Å². The Balaban J connectivity index is 2.66. The first-order chi connectivity index (χ1) is 6.63. The van der Waals surface area contributed by atoms with Gasteiger partial charge in [0.1, 0.15) is 6.10 Å². The van der Waals surface area contributed by atoms with Gasteiger partial charge in [-0.25, -0.2) is 0 Å². The molecule has 0 spiro atoms. The highest BCUT2D eigenvalue weighted by molar-refractivity contribution is 5.77. The topological polar surface area (TPSA) is 55.4 Å². The lowest BCUT2D eigenvalue weighted by atomic mass is 10.0. The third-order valence-corrected chi connectivity index (χ3v) is 2.00. The number of amides is 1. The van der Waals surface area contributed by atoms with Crippen LogP contribution in [0.15, 0.2) is 18.4 Å². The summed E-state index contributed by atoms with van der Waals surface area (Å²) in [4.78, 5) is 21.8. The predicted molar refractivity (Wildman–Crippen MR) is 50.4 cm³/mol. The number of hydrogen-bond donors (Lipinski definition) is 1. The van der Waals surface area contributed by atoms with Crippen molar-refractivity contribution in [1.82, 2.24) is 5.32 Å². The van der Waals surface area contributed by atoms with Gasteiger partial charge in [-0.3, -0.25) is 9.59 Å². The summed E-state index contributed by atoms with van der Waals surface area (Å²) in [6.07, 6.45) is 2.25. The zero-order chi connectivity index (χ0) is 10.6. The fourth-order valence-corrected chi connectivity index (χ4v) is 1.43. The fraction of sp³-hybridized carbons (Fsp3) is 0.500. The van der Waals surface area contributed by atoms with E-state index < -0.39 is 0 Å². The van der Waals surface area contributed by atoms with Crippen LogP contribution >= 0.6 is 0 Å². The molecule has 1 rings (SSSR count). The van der Waals surface area contributed by atoms with Gasteiger partial charge in [0.25, 0.3) is 0 Å². The van der Waals surface area contributed by atoms with Gasteiger partial charge in [-0.05, 0) is 12.5 Å². The molecule has 1 heterocycles. The number of hydrogen-bond acceptors (Lipinski definition) is 3. The van der Waals surface area contributed by atoms with Gasteiger partial charge in [-0.1, -0.05) is 6.58 Å². The van der Waals surface area contributed by atoms with Gasteiger partial charge < -0.3 is 10.1 Å². The van der Waals surface area contributed by atoms with Crippen LogP contribution in [-0.2, 0) is 14.3 Å². The van der Waals surface area contributed by atoms with Gasteiger partial charge in [0, 0.05) is 13.3 Å². The lowest BCUT2D eigenvalue weighted by Crippen LogP contribution is -2.48. The van der Waals surface area contributed by atoms with Crippen LogP contribution in [0.4, 0.5) is 0 Å². The SMILES string of the molecule is C=C=CC1NC(=O)CCC1OC(C)=O. The van der Waals surface area contributed by atoms with E-state index in [1.165, 1.54) is 6.92 Å². The van der Waals surface area contributed by atoms with Crippen molar-refractivity contribution < 1.29 is 14.3 Å². The molecule has 14 heavy (non-hydrogen) atoms. The molecular formula is C10H13NO3. The third-order valence-electron chi connectivity index (χ3n) is 2.00. The summed E-state index contributed by atoms with van der Waals surface area (Å²) in [7, 11) is 0. The van der Waals surface area contributed by atoms with Crippen molar-refractivity contribution in [3.63, 3.8) is 0 Å². The maximum Gasteiger partial charge on any atom is 0.302 e. The Labute approximate surface area is 82.6 Å². The van der Waals surface area contributed by atoms with E-state index >= 15 is 0 Å². The van der Waals surface area contributed by atoms with Crippen LogP contribution in [0.3, 0.4) is 0 Å². The van der Waals surface area contributed by atoms with Gasteiger partial charge in [-0.2, -0.15) is 0 Å². The minimum atomic E-state index is -0.339. The molecule has 4 heteroatoms. The standard InChI is InChI=1S/C10H13NO3/c1-3-4-8-9(14-7(2)12)5-6-10(13)11-8/h4,8-9H,1,5-6H2,2H3,(H,11,13). The fourth-order valence-electron chi connectivity index (χ4n) is 1.43. The minimum Gasteiger partial charge on any atom is -0.460 e. The van der Waals surface area contributed by atoms with E-state index in [0.717, 1.165) is 0 Å². The van der Waals surface area contributed by atoms with Crippen LogP contribution in [0, 0.1) is 0 Å². The number of carbonyl (C=O) groups excluding carboxylic acids is 2. The molecule has 2 unspecified atom stereocenters. The van der Waals surface area contributed by atoms with Gasteiger partial charge in [0.15, 0.2) is 0 Å². The molecule has 1 N–H and O–H groups in total. The molecule has 0 bridgehead atoms. The largest absolute Gasteiger partial charge is 0.460 e. The predicted octanol–water partition coefficient (Wildman–Crippen LogP) is 0.538. The van der Waals surface area contributed by atoms with Crippen molar-refractivity contribution in [1.29, 1.82) is 0 Å². The Bertz CT molecular complexity index is 292. The summed E-state index contributed by atoms with van der Waals surface area (Å²) in [5.74, 6) is -0.376. The summed E-state index contributed by atoms with van der Waals surface area (Å²) in [5.41, 5.74) is 2.58. The third kappa shape index (κ3) is 2.75. The summed E-state index contributed by atoms with van der Waals surface area (Å²) in [5, 5.41) is 2.70. The van der Waals surface area contributed by atoms with E-state index in [4.69, 9.17) is 4.74 Å². The first-order valence-corrected chi connectivity index (χ1v) is 4.46. The molecule has 0 aliphatic carbocycles. The Morgan fingerprint density at radius 1 is 1.79 bits per heavy atom. The Morgan fingerprint density at radius 3 is 3.07 bits per heavy atom. The van der Waals surface area contributed by atoms with Crippen LogP contribution in [0.1, 0.15) is 19.8 Å². The van der Waals surface area contributed by atoms with Crippen molar-refractivity contribution in [2.45, 2.75) is 31.9 Å². The molecule has 2 atom stereocenters. The number of nitrogens with one attached hydrogen (secondary N) is 1. The maximum atomic E-state index is 11.1. The lowest BCUT2D eigenvalue weighted by molar-refractivity contribution is -0.150. The Hall–Kier alpha value is -1.54. The second-order valence-electron chi connectivity index (χ2n) is 3.15. The lowest BCUT2D eigenvalue weighted by Gasteiger charge is -2.28. The van der Waals surface area contributed by atoms with Crippen LogP contribution in [0.25, 0.3) is 0 Å². The summed E-state index contributed by atoms with van der Waals surface area (Å²) < 4.78 is 5.05. The average molecular weight is 195 g/mol. The van der Waals surface area contributed by atoms with E-state index in [1.54, 1.807) is 6.08 Å². The zero-order valence-electron chi connectivity index (χ0n) is 8.08. The monoisotopic (exact) mass is 195 g/mol. The highest BCUT2D eigenvalue weighted by Gasteiger charge is 2.28. The summed E-state index contributed by atoms with van der Waals surface area (Å²) in [6.45, 7) is 4.77. The first-order valence-electron chi connectivity index (χ1n) is 4.46. The summed E-state index contributed by atoms with van der Waals surface area (Å²) in [6, 6.07) is -0.294. The number of piperidine rings is 1. The Kier molecular flexibility index (Phi) is 3.48.